The highest BCUT2D eigenvalue weighted by atomic mass is 16.4. The summed E-state index contributed by atoms with van der Waals surface area (Å²) < 4.78 is 6.78. The third-order valence-electron chi connectivity index (χ3n) is 3.57. The molecule has 0 spiro atoms. The van der Waals surface area contributed by atoms with Crippen LogP contribution in [-0.4, -0.2) is 11.1 Å². The second-order valence-corrected chi connectivity index (χ2v) is 4.73. The number of aliphatic carboxylic acids is 1. The lowest BCUT2D eigenvalue weighted by Gasteiger charge is -2.28. The van der Waals surface area contributed by atoms with E-state index in [1.807, 2.05) is 0 Å². The lowest BCUT2D eigenvalue weighted by atomic mass is 9.75. The van der Waals surface area contributed by atoms with Crippen molar-refractivity contribution in [2.45, 2.75) is 38.5 Å². The lowest BCUT2D eigenvalue weighted by molar-refractivity contribution is -0.143. The van der Waals surface area contributed by atoms with E-state index in [1.54, 1.807) is 0 Å². The highest BCUT2D eigenvalue weighted by molar-refractivity contribution is 5.71. The molecule has 0 aromatic heterocycles. The molecule has 86 valence electrons. The van der Waals surface area contributed by atoms with Gasteiger partial charge >= 0.3 is 5.97 Å². The summed E-state index contributed by atoms with van der Waals surface area (Å²) in [4.78, 5) is 11.6. The number of hydrogen-bond donors (Lipinski definition) is 1. The summed E-state index contributed by atoms with van der Waals surface area (Å²) in [6, 6.07) is 8.34. The molecule has 2 unspecified atom stereocenters. The first kappa shape index (κ1) is 9.88. The van der Waals surface area contributed by atoms with Crippen LogP contribution in [-0.2, 0) is 4.79 Å². The maximum atomic E-state index is 11.6. The van der Waals surface area contributed by atoms with Crippen LogP contribution in [0.25, 0.3) is 1.43 Å². The van der Waals surface area contributed by atoms with Crippen LogP contribution >= 0.6 is 0 Å². The number of hydrogen-bond acceptors (Lipinski definition) is 2. The van der Waals surface area contributed by atoms with Gasteiger partial charge in [-0.05, 0) is 31.2 Å². The third kappa shape index (κ3) is 2.26. The zero-order valence-corrected chi connectivity index (χ0v) is 9.61. The maximum Gasteiger partial charge on any atom is 0.307 e. The van der Waals surface area contributed by atoms with Crippen LogP contribution in [0.1, 0.15) is 42.7 Å². The number of aryl methyl sites for hydroxylation is 1. The number of rotatable bonds is 2. The van der Waals surface area contributed by atoms with Gasteiger partial charge in [0.15, 0.2) is 0 Å². The molecule has 1 fully saturated rings. The van der Waals surface area contributed by atoms with Gasteiger partial charge in [0, 0.05) is 0 Å². The quantitative estimate of drug-likeness (QED) is 0.829. The number of benzene rings is 1. The number of carbonyl (C=O) groups is 1. The molecule has 0 saturated heterocycles. The van der Waals surface area contributed by atoms with Crippen LogP contribution in [0.2, 0.25) is 0 Å². The average molecular weight is 220 g/mol. The van der Waals surface area contributed by atoms with E-state index in [0.29, 0.717) is 0 Å². The van der Waals surface area contributed by atoms with Crippen LogP contribution in [0.4, 0.5) is 0 Å². The normalized spacial score (nSPS) is 25.9. The standard InChI is InChI=1S/C14H18O2/c1-10-6-8-11(9-7-10)12-4-2-3-5-13(12)14(15)16/h6-9,12-13H,2-5H2,1H3,(H,15,16)/i/hT. The topological polar surface area (TPSA) is 37.3 Å². The Kier molecular flexibility index (Phi) is 2.89. The monoisotopic (exact) mass is 220 g/mol. The van der Waals surface area contributed by atoms with Crippen molar-refractivity contribution in [3.8, 4) is 0 Å². The van der Waals surface area contributed by atoms with Crippen LogP contribution in [0.3, 0.4) is 0 Å². The first-order valence-corrected chi connectivity index (χ1v) is 5.96. The second-order valence-electron chi connectivity index (χ2n) is 4.73. The van der Waals surface area contributed by atoms with Crippen molar-refractivity contribution in [1.82, 2.24) is 0 Å². The summed E-state index contributed by atoms with van der Waals surface area (Å²) >= 11 is 0. The van der Waals surface area contributed by atoms with Gasteiger partial charge in [0.2, 0.25) is 0 Å². The van der Waals surface area contributed by atoms with E-state index in [-0.39, 0.29) is 17.8 Å². The molecule has 2 rings (SSSR count). The van der Waals surface area contributed by atoms with E-state index in [0.717, 1.165) is 25.7 Å². The van der Waals surface area contributed by atoms with Gasteiger partial charge in [-0.15, -0.1) is 0 Å². The molecule has 1 N–H and O–H groups in total. The number of carboxylic acid groups (broad SMARTS) is 1. The molecule has 1 aromatic rings. The van der Waals surface area contributed by atoms with Crippen molar-refractivity contribution in [3.05, 3.63) is 35.4 Å². The Morgan fingerprint density at radius 1 is 1.31 bits per heavy atom. The molecule has 0 bridgehead atoms. The van der Waals surface area contributed by atoms with E-state index in [4.69, 9.17) is 1.43 Å². The molecule has 2 nitrogen and oxygen atoms in total. The third-order valence-corrected chi connectivity index (χ3v) is 3.57. The van der Waals surface area contributed by atoms with Crippen molar-refractivity contribution < 1.29 is 9.90 Å². The van der Waals surface area contributed by atoms with E-state index in [2.05, 4.69) is 36.3 Å². The Labute approximate surface area is 97.8 Å². The Balaban J connectivity index is 2.21. The second kappa shape index (κ2) is 4.69. The first-order chi connectivity index (χ1) is 8.22. The summed E-state index contributed by atoms with van der Waals surface area (Å²) in [5, 5.41) is 4.18. The summed E-state index contributed by atoms with van der Waals surface area (Å²) in [5.41, 5.74) is 2.43. The van der Waals surface area contributed by atoms with Crippen molar-refractivity contribution in [1.29, 1.82) is 1.43 Å². The maximum absolute atomic E-state index is 11.6. The van der Waals surface area contributed by atoms with Gasteiger partial charge in [-0.25, -0.2) is 0 Å². The minimum atomic E-state index is -0.379. The smallest absolute Gasteiger partial charge is 0.307 e. The van der Waals surface area contributed by atoms with E-state index >= 15 is 0 Å². The first-order valence-electron chi connectivity index (χ1n) is 6.37. The summed E-state index contributed by atoms with van der Waals surface area (Å²) in [6.45, 7) is 2.06. The zero-order chi connectivity index (χ0) is 12.3. The molecule has 1 saturated carbocycles. The fraction of sp³-hybridized carbons (Fsp3) is 0.500. The molecule has 16 heavy (non-hydrogen) atoms. The Morgan fingerprint density at radius 2 is 2.00 bits per heavy atom. The Bertz CT molecular complexity index is 386. The predicted molar refractivity (Wildman–Crippen MR) is 63.5 cm³/mol. The molecule has 2 heteroatoms. The molecule has 1 aromatic carbocycles. The van der Waals surface area contributed by atoms with E-state index in [9.17, 15) is 4.79 Å². The largest absolute Gasteiger partial charge is 0.481 e. The van der Waals surface area contributed by atoms with Gasteiger partial charge in [0.05, 0.1) is 5.92 Å². The Morgan fingerprint density at radius 3 is 2.69 bits per heavy atom. The Hall–Kier alpha value is -1.31. The molecular weight excluding hydrogens is 200 g/mol. The van der Waals surface area contributed by atoms with Gasteiger partial charge in [-0.2, -0.15) is 0 Å². The van der Waals surface area contributed by atoms with Crippen LogP contribution in [0.15, 0.2) is 24.3 Å². The zero-order valence-electron chi connectivity index (χ0n) is 10.6. The highest BCUT2D eigenvalue weighted by Crippen LogP contribution is 2.37. The minimum absolute atomic E-state index is 0.135. The van der Waals surface area contributed by atoms with E-state index in [1.165, 1.54) is 11.1 Å². The molecule has 1 aliphatic carbocycles. The van der Waals surface area contributed by atoms with E-state index < -0.39 is 0 Å². The SMILES string of the molecule is [3H]OC(=O)C1CCCCC1c1ccc(C)cc1. The van der Waals surface area contributed by atoms with Crippen molar-refractivity contribution in [2.24, 2.45) is 5.92 Å². The van der Waals surface area contributed by atoms with Gasteiger partial charge in [0.1, 0.15) is 0 Å². The van der Waals surface area contributed by atoms with Crippen molar-refractivity contribution in [2.75, 3.05) is 0 Å². The molecule has 0 aliphatic heterocycles. The van der Waals surface area contributed by atoms with Crippen LogP contribution in [0.5, 0.6) is 0 Å². The average Bonchev–Trinajstić information content (AvgIpc) is 2.39. The molecule has 0 amide bonds. The molecule has 0 heterocycles. The van der Waals surface area contributed by atoms with Crippen LogP contribution in [0, 0.1) is 12.8 Å². The minimum Gasteiger partial charge on any atom is -0.481 e. The lowest BCUT2D eigenvalue weighted by Crippen LogP contribution is -2.25. The van der Waals surface area contributed by atoms with Crippen molar-refractivity contribution in [3.63, 3.8) is 0 Å². The fourth-order valence-electron chi connectivity index (χ4n) is 2.63. The highest BCUT2D eigenvalue weighted by Gasteiger charge is 2.31. The molecular formula is C14H18O2. The molecule has 2 atom stereocenters. The van der Waals surface area contributed by atoms with Crippen molar-refractivity contribution >= 4 is 5.97 Å². The van der Waals surface area contributed by atoms with Gasteiger partial charge in [-0.3, -0.25) is 4.79 Å². The molecule has 1 aliphatic rings. The summed E-state index contributed by atoms with van der Waals surface area (Å²) in [7, 11) is 0. The van der Waals surface area contributed by atoms with Gasteiger partial charge in [-0.1, -0.05) is 42.7 Å². The number of carboxylic acids is 1. The predicted octanol–water partition coefficient (Wildman–Crippen LogP) is 3.35. The van der Waals surface area contributed by atoms with Gasteiger partial charge < -0.3 is 5.11 Å². The van der Waals surface area contributed by atoms with Gasteiger partial charge in [0.25, 0.3) is 1.43 Å². The summed E-state index contributed by atoms with van der Waals surface area (Å²) in [6.07, 6.45) is 4.07. The fourth-order valence-corrected chi connectivity index (χ4v) is 2.63. The molecule has 0 radical (unpaired) electrons. The van der Waals surface area contributed by atoms with Crippen LogP contribution < -0.4 is 0 Å². The summed E-state index contributed by atoms with van der Waals surface area (Å²) in [5.74, 6) is -0.290.